The second-order valence-corrected chi connectivity index (χ2v) is 2.55. The summed E-state index contributed by atoms with van der Waals surface area (Å²) in [5.74, 6) is 0. The molecule has 1 aliphatic rings. The summed E-state index contributed by atoms with van der Waals surface area (Å²) in [7, 11) is 0. The highest BCUT2D eigenvalue weighted by Gasteiger charge is 2.37. The summed E-state index contributed by atoms with van der Waals surface area (Å²) in [4.78, 5) is 0. The summed E-state index contributed by atoms with van der Waals surface area (Å²) < 4.78 is 0. The number of hydrogen-bond acceptors (Lipinski definition) is 3. The van der Waals surface area contributed by atoms with Crippen molar-refractivity contribution in [1.29, 1.82) is 0 Å². The molecule has 56 valence electrons. The first-order valence-electron chi connectivity index (χ1n) is 3.58. The summed E-state index contributed by atoms with van der Waals surface area (Å²) in [6, 6.07) is 0. The minimum Gasteiger partial charge on any atom is -0.330 e. The number of hydrogen-bond donors (Lipinski definition) is 1. The third kappa shape index (κ3) is 1.64. The number of allylic oxidation sites excluding steroid dienone is 1. The van der Waals surface area contributed by atoms with E-state index in [9.17, 15) is 0 Å². The zero-order valence-electron chi connectivity index (χ0n) is 6.08. The average molecular weight is 139 g/mol. The van der Waals surface area contributed by atoms with Crippen LogP contribution in [0.2, 0.25) is 0 Å². The monoisotopic (exact) mass is 139 g/mol. The van der Waals surface area contributed by atoms with Crippen molar-refractivity contribution in [3.8, 4) is 0 Å². The van der Waals surface area contributed by atoms with Gasteiger partial charge in [-0.1, -0.05) is 6.08 Å². The van der Waals surface area contributed by atoms with Crippen molar-refractivity contribution in [2.24, 2.45) is 16.0 Å². The van der Waals surface area contributed by atoms with Gasteiger partial charge in [0.05, 0.1) is 0 Å². The smallest absolute Gasteiger partial charge is 0.192 e. The van der Waals surface area contributed by atoms with E-state index in [0.29, 0.717) is 6.54 Å². The van der Waals surface area contributed by atoms with E-state index in [1.165, 1.54) is 0 Å². The Kier molecular flexibility index (Phi) is 2.17. The highest BCUT2D eigenvalue weighted by molar-refractivity contribution is 4.94. The van der Waals surface area contributed by atoms with Gasteiger partial charge < -0.3 is 5.73 Å². The van der Waals surface area contributed by atoms with Crippen LogP contribution in [0.4, 0.5) is 0 Å². The van der Waals surface area contributed by atoms with Gasteiger partial charge in [-0.15, -0.1) is 6.58 Å². The van der Waals surface area contributed by atoms with Crippen LogP contribution in [0.25, 0.3) is 0 Å². The third-order valence-corrected chi connectivity index (χ3v) is 1.68. The lowest BCUT2D eigenvalue weighted by atomic mass is 10.0. The molecule has 0 spiro atoms. The second-order valence-electron chi connectivity index (χ2n) is 2.55. The molecule has 1 aliphatic heterocycles. The van der Waals surface area contributed by atoms with Gasteiger partial charge in [0.2, 0.25) is 0 Å². The van der Waals surface area contributed by atoms with Crippen LogP contribution in [-0.2, 0) is 0 Å². The molecule has 1 heterocycles. The summed E-state index contributed by atoms with van der Waals surface area (Å²) in [6.45, 7) is 4.31. The van der Waals surface area contributed by atoms with Crippen molar-refractivity contribution in [2.45, 2.75) is 24.9 Å². The van der Waals surface area contributed by atoms with Crippen LogP contribution in [-0.4, -0.2) is 12.2 Å². The molecule has 0 aliphatic carbocycles. The van der Waals surface area contributed by atoms with E-state index in [0.717, 1.165) is 19.3 Å². The van der Waals surface area contributed by atoms with Gasteiger partial charge in [0.1, 0.15) is 0 Å². The quantitative estimate of drug-likeness (QED) is 0.576. The molecule has 3 heteroatoms. The minimum atomic E-state index is -0.0943. The van der Waals surface area contributed by atoms with Crippen LogP contribution in [0.3, 0.4) is 0 Å². The molecule has 0 atom stereocenters. The van der Waals surface area contributed by atoms with Crippen molar-refractivity contribution >= 4 is 0 Å². The lowest BCUT2D eigenvalue weighted by molar-refractivity contribution is 0.518. The van der Waals surface area contributed by atoms with E-state index in [1.807, 2.05) is 6.08 Å². The topological polar surface area (TPSA) is 50.7 Å². The van der Waals surface area contributed by atoms with Crippen LogP contribution in [0.1, 0.15) is 19.3 Å². The normalized spacial score (nSPS) is 18.9. The molecule has 0 aromatic heterocycles. The van der Waals surface area contributed by atoms with Crippen LogP contribution in [0.15, 0.2) is 22.9 Å². The summed E-state index contributed by atoms with van der Waals surface area (Å²) in [5.41, 5.74) is 5.29. The molecular formula is C7H13N3. The van der Waals surface area contributed by atoms with E-state index in [1.54, 1.807) is 0 Å². The van der Waals surface area contributed by atoms with Gasteiger partial charge in [0, 0.05) is 6.42 Å². The summed E-state index contributed by atoms with van der Waals surface area (Å²) >= 11 is 0. The van der Waals surface area contributed by atoms with Crippen LogP contribution < -0.4 is 5.73 Å². The molecule has 0 amide bonds. The molecule has 2 N–H and O–H groups in total. The molecule has 0 aromatic carbocycles. The Morgan fingerprint density at radius 2 is 2.10 bits per heavy atom. The number of nitrogens with two attached hydrogens (primary N) is 1. The fraction of sp³-hybridized carbons (Fsp3) is 0.714. The molecule has 0 saturated carbocycles. The van der Waals surface area contributed by atoms with E-state index in [4.69, 9.17) is 5.73 Å². The molecule has 0 unspecified atom stereocenters. The number of rotatable bonds is 5. The van der Waals surface area contributed by atoms with Crippen molar-refractivity contribution in [2.75, 3.05) is 6.54 Å². The third-order valence-electron chi connectivity index (χ3n) is 1.68. The van der Waals surface area contributed by atoms with Gasteiger partial charge in [-0.05, 0) is 19.4 Å². The van der Waals surface area contributed by atoms with Gasteiger partial charge in [0.25, 0.3) is 0 Å². The molecule has 0 bridgehead atoms. The summed E-state index contributed by atoms with van der Waals surface area (Å²) in [6.07, 6.45) is 4.74. The Balaban J connectivity index is 2.17. The van der Waals surface area contributed by atoms with Gasteiger partial charge in [-0.3, -0.25) is 0 Å². The first-order valence-corrected chi connectivity index (χ1v) is 3.58. The van der Waals surface area contributed by atoms with Crippen molar-refractivity contribution in [3.05, 3.63) is 12.7 Å². The van der Waals surface area contributed by atoms with Crippen molar-refractivity contribution in [1.82, 2.24) is 0 Å². The SMILES string of the molecule is C=CCCC1(CCN)N=N1. The Hall–Kier alpha value is -0.700. The maximum Gasteiger partial charge on any atom is 0.192 e. The molecule has 3 nitrogen and oxygen atoms in total. The molecule has 0 aromatic rings. The summed E-state index contributed by atoms with van der Waals surface area (Å²) in [5, 5.41) is 7.92. The predicted octanol–water partition coefficient (Wildman–Crippen LogP) is 1.46. The van der Waals surface area contributed by atoms with E-state index >= 15 is 0 Å². The zero-order valence-corrected chi connectivity index (χ0v) is 6.08. The van der Waals surface area contributed by atoms with E-state index < -0.39 is 0 Å². The molecule has 0 radical (unpaired) electrons. The van der Waals surface area contributed by atoms with Crippen LogP contribution in [0.5, 0.6) is 0 Å². The van der Waals surface area contributed by atoms with Gasteiger partial charge >= 0.3 is 0 Å². The highest BCUT2D eigenvalue weighted by Crippen LogP contribution is 2.35. The molecule has 0 fully saturated rings. The van der Waals surface area contributed by atoms with Crippen LogP contribution in [0, 0.1) is 0 Å². The first kappa shape index (κ1) is 7.41. The molecular weight excluding hydrogens is 126 g/mol. The number of nitrogens with zero attached hydrogens (tertiary/aromatic N) is 2. The fourth-order valence-electron chi connectivity index (χ4n) is 0.960. The first-order chi connectivity index (χ1) is 4.83. The minimum absolute atomic E-state index is 0.0943. The zero-order chi connectivity index (χ0) is 7.45. The van der Waals surface area contributed by atoms with Gasteiger partial charge in [0.15, 0.2) is 5.66 Å². The van der Waals surface area contributed by atoms with E-state index in [-0.39, 0.29) is 5.66 Å². The maximum atomic E-state index is 5.38. The molecule has 10 heavy (non-hydrogen) atoms. The van der Waals surface area contributed by atoms with Crippen molar-refractivity contribution in [3.63, 3.8) is 0 Å². The molecule has 1 rings (SSSR count). The fourth-order valence-corrected chi connectivity index (χ4v) is 0.960. The van der Waals surface area contributed by atoms with Crippen LogP contribution >= 0.6 is 0 Å². The highest BCUT2D eigenvalue weighted by atomic mass is 15.4. The Morgan fingerprint density at radius 1 is 1.40 bits per heavy atom. The second kappa shape index (κ2) is 2.92. The van der Waals surface area contributed by atoms with Gasteiger partial charge in [-0.25, -0.2) is 0 Å². The lowest BCUT2D eigenvalue weighted by Gasteiger charge is -2.05. The Morgan fingerprint density at radius 3 is 2.50 bits per heavy atom. The lowest BCUT2D eigenvalue weighted by Crippen LogP contribution is -2.16. The molecule has 0 saturated heterocycles. The maximum absolute atomic E-state index is 5.38. The Labute approximate surface area is 61.0 Å². The predicted molar refractivity (Wildman–Crippen MR) is 40.7 cm³/mol. The average Bonchev–Trinajstić information content (AvgIpc) is 2.67. The van der Waals surface area contributed by atoms with Gasteiger partial charge in [-0.2, -0.15) is 10.2 Å². The largest absolute Gasteiger partial charge is 0.330 e. The van der Waals surface area contributed by atoms with E-state index in [2.05, 4.69) is 16.8 Å². The standard InChI is InChI=1S/C7H13N3/c1-2-3-4-7(5-6-8)9-10-7/h2H,1,3-6,8H2. The Bertz CT molecular complexity index is 145. The van der Waals surface area contributed by atoms with Crippen molar-refractivity contribution < 1.29 is 0 Å².